The Morgan fingerprint density at radius 2 is 1.83 bits per heavy atom. The van der Waals surface area contributed by atoms with E-state index >= 15 is 0 Å². The first-order valence-electron chi connectivity index (χ1n) is 9.16. The molecule has 5 nitrogen and oxygen atoms in total. The molecule has 3 aromatic carbocycles. The van der Waals surface area contributed by atoms with E-state index in [9.17, 15) is 9.18 Å². The molecule has 0 aliphatic carbocycles. The normalized spacial score (nSPS) is 10.8. The van der Waals surface area contributed by atoms with Crippen LogP contribution in [-0.4, -0.2) is 19.2 Å². The molecule has 0 fully saturated rings. The van der Waals surface area contributed by atoms with E-state index < -0.39 is 0 Å². The summed E-state index contributed by atoms with van der Waals surface area (Å²) in [6.45, 7) is 0.0679. The van der Waals surface area contributed by atoms with Crippen molar-refractivity contribution in [3.63, 3.8) is 0 Å². The first kappa shape index (κ1) is 21.5. The van der Waals surface area contributed by atoms with Crippen molar-refractivity contribution in [3.05, 3.63) is 93.7 Å². The van der Waals surface area contributed by atoms with E-state index in [-0.39, 0.29) is 24.8 Å². The zero-order chi connectivity index (χ0) is 21.3. The predicted octanol–water partition coefficient (Wildman–Crippen LogP) is 4.87. The van der Waals surface area contributed by atoms with Gasteiger partial charge in [-0.15, -0.1) is 0 Å². The number of rotatable bonds is 8. The van der Waals surface area contributed by atoms with Gasteiger partial charge in [0.05, 0.1) is 19.7 Å². The number of benzene rings is 3. The maximum atomic E-state index is 13.8. The second-order valence-electron chi connectivity index (χ2n) is 6.36. The number of hydrazone groups is 1. The number of nitrogens with one attached hydrogen (secondary N) is 1. The molecule has 0 spiro atoms. The monoisotopic (exact) mass is 470 g/mol. The van der Waals surface area contributed by atoms with Crippen molar-refractivity contribution in [2.45, 2.75) is 13.0 Å². The second-order valence-corrected chi connectivity index (χ2v) is 7.21. The van der Waals surface area contributed by atoms with Gasteiger partial charge in [-0.1, -0.05) is 48.5 Å². The molecular formula is C23H20BrFN2O3. The van der Waals surface area contributed by atoms with Gasteiger partial charge in [0.15, 0.2) is 11.5 Å². The van der Waals surface area contributed by atoms with E-state index in [1.54, 1.807) is 30.3 Å². The summed E-state index contributed by atoms with van der Waals surface area (Å²) in [5, 5.41) is 4.01. The average molecular weight is 471 g/mol. The van der Waals surface area contributed by atoms with Gasteiger partial charge in [0, 0.05) is 15.6 Å². The minimum atomic E-state index is -0.328. The van der Waals surface area contributed by atoms with Crippen LogP contribution in [-0.2, 0) is 17.8 Å². The van der Waals surface area contributed by atoms with Crippen LogP contribution in [0.25, 0.3) is 0 Å². The van der Waals surface area contributed by atoms with Crippen molar-refractivity contribution < 1.29 is 18.7 Å². The van der Waals surface area contributed by atoms with Gasteiger partial charge in [-0.25, -0.2) is 9.82 Å². The zero-order valence-electron chi connectivity index (χ0n) is 16.3. The summed E-state index contributed by atoms with van der Waals surface area (Å²) in [5.41, 5.74) is 4.55. The number of carbonyl (C=O) groups is 1. The van der Waals surface area contributed by atoms with E-state index in [0.717, 1.165) is 5.56 Å². The Labute approximate surface area is 182 Å². The molecular weight excluding hydrogens is 451 g/mol. The van der Waals surface area contributed by atoms with Crippen molar-refractivity contribution >= 4 is 28.1 Å². The number of carbonyl (C=O) groups excluding carboxylic acids is 1. The average Bonchev–Trinajstić information content (AvgIpc) is 2.75. The fraction of sp³-hybridized carbons (Fsp3) is 0.130. The van der Waals surface area contributed by atoms with Gasteiger partial charge in [-0.05, 0) is 39.7 Å². The third kappa shape index (κ3) is 5.90. The molecule has 3 rings (SSSR count). The third-order valence-corrected chi connectivity index (χ3v) is 4.91. The number of amides is 1. The van der Waals surface area contributed by atoms with Crippen LogP contribution in [0.15, 0.2) is 76.3 Å². The van der Waals surface area contributed by atoms with Gasteiger partial charge in [0.2, 0.25) is 5.91 Å². The molecule has 3 aromatic rings. The lowest BCUT2D eigenvalue weighted by molar-refractivity contribution is -0.120. The Morgan fingerprint density at radius 3 is 2.57 bits per heavy atom. The van der Waals surface area contributed by atoms with Crippen LogP contribution < -0.4 is 14.9 Å². The molecule has 1 N–H and O–H groups in total. The number of nitrogens with zero attached hydrogens (tertiary/aromatic N) is 1. The Bertz CT molecular complexity index is 1040. The minimum absolute atomic E-state index is 0.0679. The fourth-order valence-corrected chi connectivity index (χ4v) is 3.11. The topological polar surface area (TPSA) is 59.9 Å². The van der Waals surface area contributed by atoms with Crippen LogP contribution in [0.4, 0.5) is 4.39 Å². The van der Waals surface area contributed by atoms with E-state index in [4.69, 9.17) is 9.47 Å². The summed E-state index contributed by atoms with van der Waals surface area (Å²) < 4.78 is 25.6. The number of hydrogen-bond donors (Lipinski definition) is 1. The molecule has 0 aromatic heterocycles. The SMILES string of the molecule is COc1cc(/C=N/NC(=O)Cc2ccccc2)c(Br)cc1OCc1ccccc1F. The summed E-state index contributed by atoms with van der Waals surface area (Å²) in [4.78, 5) is 12.0. The highest BCUT2D eigenvalue weighted by Crippen LogP contribution is 2.33. The Morgan fingerprint density at radius 1 is 1.10 bits per heavy atom. The number of ether oxygens (including phenoxy) is 2. The predicted molar refractivity (Wildman–Crippen MR) is 117 cm³/mol. The molecule has 7 heteroatoms. The third-order valence-electron chi connectivity index (χ3n) is 4.22. The van der Waals surface area contributed by atoms with E-state index in [0.29, 0.717) is 27.1 Å². The molecule has 1 amide bonds. The molecule has 154 valence electrons. The molecule has 30 heavy (non-hydrogen) atoms. The molecule has 0 atom stereocenters. The Kier molecular flexibility index (Phi) is 7.57. The van der Waals surface area contributed by atoms with Crippen molar-refractivity contribution in [2.24, 2.45) is 5.10 Å². The first-order valence-corrected chi connectivity index (χ1v) is 9.95. The molecule has 0 bridgehead atoms. The van der Waals surface area contributed by atoms with Gasteiger partial charge in [0.25, 0.3) is 0 Å². The van der Waals surface area contributed by atoms with Gasteiger partial charge < -0.3 is 9.47 Å². The maximum absolute atomic E-state index is 13.8. The summed E-state index contributed by atoms with van der Waals surface area (Å²) in [5.74, 6) is 0.375. The summed E-state index contributed by atoms with van der Waals surface area (Å²) in [6.07, 6.45) is 1.75. The van der Waals surface area contributed by atoms with Gasteiger partial charge in [-0.2, -0.15) is 5.10 Å². The highest BCUT2D eigenvalue weighted by Gasteiger charge is 2.11. The smallest absolute Gasteiger partial charge is 0.244 e. The summed E-state index contributed by atoms with van der Waals surface area (Å²) in [6, 6.07) is 19.3. The molecule has 0 saturated heterocycles. The standard InChI is InChI=1S/C23H20BrFN2O3/c1-29-21-12-18(14-26-27-23(28)11-16-7-3-2-4-8-16)19(24)13-22(21)30-15-17-9-5-6-10-20(17)25/h2-10,12-14H,11,15H2,1H3,(H,27,28)/b26-14+. The van der Waals surface area contributed by atoms with Crippen LogP contribution in [0.5, 0.6) is 11.5 Å². The molecule has 0 saturated carbocycles. The highest BCUT2D eigenvalue weighted by molar-refractivity contribution is 9.10. The van der Waals surface area contributed by atoms with Crippen molar-refractivity contribution in [3.8, 4) is 11.5 Å². The molecule has 0 aliphatic rings. The first-order chi connectivity index (χ1) is 14.6. The quantitative estimate of drug-likeness (QED) is 0.377. The van der Waals surface area contributed by atoms with Gasteiger partial charge in [-0.3, -0.25) is 4.79 Å². The number of hydrogen-bond acceptors (Lipinski definition) is 4. The summed E-state index contributed by atoms with van der Waals surface area (Å²) in [7, 11) is 1.52. The van der Waals surface area contributed by atoms with Crippen LogP contribution in [0.3, 0.4) is 0 Å². The molecule has 0 aliphatic heterocycles. The Hall–Kier alpha value is -3.19. The van der Waals surface area contributed by atoms with E-state index in [2.05, 4.69) is 26.5 Å². The summed E-state index contributed by atoms with van der Waals surface area (Å²) >= 11 is 3.46. The lowest BCUT2D eigenvalue weighted by atomic mass is 10.1. The van der Waals surface area contributed by atoms with Crippen molar-refractivity contribution in [1.82, 2.24) is 5.43 Å². The molecule has 0 radical (unpaired) electrons. The van der Waals surface area contributed by atoms with Gasteiger partial charge >= 0.3 is 0 Å². The number of halogens is 2. The van der Waals surface area contributed by atoms with E-state index in [1.807, 2.05) is 30.3 Å². The van der Waals surface area contributed by atoms with Crippen LogP contribution >= 0.6 is 15.9 Å². The van der Waals surface area contributed by atoms with Crippen molar-refractivity contribution in [1.29, 1.82) is 0 Å². The molecule has 0 heterocycles. The largest absolute Gasteiger partial charge is 0.493 e. The number of methoxy groups -OCH3 is 1. The highest BCUT2D eigenvalue weighted by atomic mass is 79.9. The fourth-order valence-electron chi connectivity index (χ4n) is 2.69. The van der Waals surface area contributed by atoms with Crippen LogP contribution in [0, 0.1) is 5.82 Å². The van der Waals surface area contributed by atoms with Crippen molar-refractivity contribution in [2.75, 3.05) is 7.11 Å². The second kappa shape index (κ2) is 10.5. The lowest BCUT2D eigenvalue weighted by Gasteiger charge is -2.13. The minimum Gasteiger partial charge on any atom is -0.493 e. The molecule has 0 unspecified atom stereocenters. The van der Waals surface area contributed by atoms with E-state index in [1.165, 1.54) is 19.4 Å². The van der Waals surface area contributed by atoms with Crippen LogP contribution in [0.1, 0.15) is 16.7 Å². The lowest BCUT2D eigenvalue weighted by Crippen LogP contribution is -2.19. The zero-order valence-corrected chi connectivity index (χ0v) is 17.9. The van der Waals surface area contributed by atoms with Crippen LogP contribution in [0.2, 0.25) is 0 Å². The maximum Gasteiger partial charge on any atom is 0.244 e. The Balaban J connectivity index is 1.65. The van der Waals surface area contributed by atoms with Gasteiger partial charge in [0.1, 0.15) is 12.4 Å².